The van der Waals surface area contributed by atoms with Gasteiger partial charge in [-0.3, -0.25) is 4.79 Å². The fourth-order valence-corrected chi connectivity index (χ4v) is 5.58. The van der Waals surface area contributed by atoms with Crippen molar-refractivity contribution in [2.45, 2.75) is 32.0 Å². The Morgan fingerprint density at radius 3 is 2.94 bits per heavy atom. The average molecular weight is 459 g/mol. The van der Waals surface area contributed by atoms with Gasteiger partial charge in [0, 0.05) is 53.6 Å². The van der Waals surface area contributed by atoms with Gasteiger partial charge in [0.15, 0.2) is 6.10 Å². The number of nitrogens with zero attached hydrogens (tertiary/aromatic N) is 3. The van der Waals surface area contributed by atoms with E-state index in [0.717, 1.165) is 39.3 Å². The summed E-state index contributed by atoms with van der Waals surface area (Å²) in [5.41, 5.74) is 3.15. The molecule has 7 nitrogen and oxygen atoms in total. The number of piperazine rings is 1. The van der Waals surface area contributed by atoms with Crippen molar-refractivity contribution < 1.29 is 14.6 Å². The molecule has 1 amide bonds. The highest BCUT2D eigenvalue weighted by molar-refractivity contribution is 7.19. The monoisotopic (exact) mass is 458 g/mol. The molecule has 2 atom stereocenters. The van der Waals surface area contributed by atoms with Crippen molar-refractivity contribution in [3.63, 3.8) is 0 Å². The Bertz CT molecular complexity index is 1150. The van der Waals surface area contributed by atoms with Crippen LogP contribution in [0, 0.1) is 0 Å². The van der Waals surface area contributed by atoms with Gasteiger partial charge in [0.2, 0.25) is 0 Å². The van der Waals surface area contributed by atoms with E-state index in [0.29, 0.717) is 42.4 Å². The maximum atomic E-state index is 13.0. The first-order valence-electron chi connectivity index (χ1n) is 10.5. The van der Waals surface area contributed by atoms with Gasteiger partial charge < -0.3 is 20.1 Å². The number of ether oxygens (including phenoxy) is 1. The van der Waals surface area contributed by atoms with Crippen molar-refractivity contribution in [3.8, 4) is 17.0 Å². The summed E-state index contributed by atoms with van der Waals surface area (Å²) in [6.45, 7) is 4.91. The van der Waals surface area contributed by atoms with Gasteiger partial charge in [0.25, 0.3) is 5.91 Å². The Morgan fingerprint density at radius 2 is 2.16 bits per heavy atom. The fraction of sp³-hybridized carbons (Fsp3) is 0.409. The lowest BCUT2D eigenvalue weighted by atomic mass is 10.0. The van der Waals surface area contributed by atoms with Gasteiger partial charge in [-0.15, -0.1) is 11.3 Å². The van der Waals surface area contributed by atoms with E-state index in [4.69, 9.17) is 16.3 Å². The van der Waals surface area contributed by atoms with Crippen molar-refractivity contribution in [1.82, 2.24) is 20.2 Å². The summed E-state index contributed by atoms with van der Waals surface area (Å²) in [5.74, 6) is 0.668. The summed E-state index contributed by atoms with van der Waals surface area (Å²) in [5, 5.41) is 14.1. The predicted molar refractivity (Wildman–Crippen MR) is 121 cm³/mol. The molecule has 5 rings (SSSR count). The molecule has 1 aromatic carbocycles. The Labute approximate surface area is 189 Å². The minimum Gasteiger partial charge on any atom is -0.479 e. The third kappa shape index (κ3) is 3.78. The number of aliphatic hydroxyl groups excluding tert-OH is 1. The van der Waals surface area contributed by atoms with Gasteiger partial charge >= 0.3 is 0 Å². The van der Waals surface area contributed by atoms with Crippen LogP contribution in [0.1, 0.15) is 29.9 Å². The number of aliphatic hydroxyl groups is 1. The minimum absolute atomic E-state index is 0.0112. The third-order valence-electron chi connectivity index (χ3n) is 5.80. The maximum Gasteiger partial charge on any atom is 0.264 e. The number of carbonyl (C=O) groups excluding carboxylic acids is 1. The van der Waals surface area contributed by atoms with Crippen molar-refractivity contribution in [2.75, 3.05) is 26.2 Å². The number of benzene rings is 1. The van der Waals surface area contributed by atoms with Crippen molar-refractivity contribution in [2.24, 2.45) is 0 Å². The zero-order chi connectivity index (χ0) is 21.5. The number of carbonyl (C=O) groups is 1. The first-order valence-corrected chi connectivity index (χ1v) is 11.7. The fourth-order valence-electron chi connectivity index (χ4n) is 4.16. The van der Waals surface area contributed by atoms with Gasteiger partial charge in [-0.1, -0.05) is 18.5 Å². The lowest BCUT2D eigenvalue weighted by Crippen LogP contribution is -2.50. The van der Waals surface area contributed by atoms with Crippen LogP contribution in [-0.4, -0.2) is 58.2 Å². The molecule has 1 saturated heterocycles. The number of hydrogen-bond acceptors (Lipinski definition) is 7. The van der Waals surface area contributed by atoms with Gasteiger partial charge in [-0.2, -0.15) is 0 Å². The molecule has 4 heterocycles. The van der Waals surface area contributed by atoms with Crippen LogP contribution in [-0.2, 0) is 11.2 Å². The van der Waals surface area contributed by atoms with E-state index in [1.165, 1.54) is 17.7 Å². The normalized spacial score (nSPS) is 19.3. The Balaban J connectivity index is 1.53. The van der Waals surface area contributed by atoms with Crippen LogP contribution in [0.2, 0.25) is 5.02 Å². The molecule has 0 aliphatic carbocycles. The van der Waals surface area contributed by atoms with Crippen LogP contribution in [0.4, 0.5) is 0 Å². The van der Waals surface area contributed by atoms with Crippen LogP contribution in [0.5, 0.6) is 5.75 Å². The molecule has 2 unspecified atom stereocenters. The summed E-state index contributed by atoms with van der Waals surface area (Å²) < 4.78 is 7.08. The molecule has 0 bridgehead atoms. The summed E-state index contributed by atoms with van der Waals surface area (Å²) in [6.07, 6.45) is 1.54. The lowest BCUT2D eigenvalue weighted by molar-refractivity contribution is -0.138. The Hall–Kier alpha value is -2.26. The van der Waals surface area contributed by atoms with E-state index >= 15 is 0 Å². The van der Waals surface area contributed by atoms with Crippen LogP contribution in [0.25, 0.3) is 21.5 Å². The molecular weight excluding hydrogens is 436 g/mol. The zero-order valence-electron chi connectivity index (χ0n) is 17.1. The Morgan fingerprint density at radius 1 is 1.35 bits per heavy atom. The first kappa shape index (κ1) is 20.6. The standard InChI is InChI=1S/C22H23ClN4O3S/c1-2-16(28)18-10-15-21(31-18)19(26-11-25-15)14-9-13(23)7-12-8-17(30-20(12)14)22(29)27-5-3-24-4-6-27/h7,9-11,16-17,24,28H,2-6,8H2,1H3. The molecule has 31 heavy (non-hydrogen) atoms. The van der Waals surface area contributed by atoms with E-state index in [2.05, 4.69) is 15.3 Å². The minimum atomic E-state index is -0.552. The molecule has 3 aromatic rings. The molecule has 1 fully saturated rings. The lowest BCUT2D eigenvalue weighted by Gasteiger charge is -2.29. The summed E-state index contributed by atoms with van der Waals surface area (Å²) in [6, 6.07) is 5.60. The SMILES string of the molecule is CCC(O)c1cc2ncnc(-c3cc(Cl)cc4c3OC(C(=O)N3CCNCC3)C4)c2s1. The van der Waals surface area contributed by atoms with E-state index in [1.54, 1.807) is 0 Å². The highest BCUT2D eigenvalue weighted by Crippen LogP contribution is 2.44. The topological polar surface area (TPSA) is 87.6 Å². The number of hydrogen-bond donors (Lipinski definition) is 2. The summed E-state index contributed by atoms with van der Waals surface area (Å²) in [7, 11) is 0. The molecule has 9 heteroatoms. The number of nitrogens with one attached hydrogen (secondary N) is 1. The molecule has 2 N–H and O–H groups in total. The highest BCUT2D eigenvalue weighted by atomic mass is 35.5. The second-order valence-electron chi connectivity index (χ2n) is 7.84. The molecule has 2 aliphatic heterocycles. The molecule has 2 aliphatic rings. The number of rotatable bonds is 4. The van der Waals surface area contributed by atoms with E-state index in [1.807, 2.05) is 30.0 Å². The summed E-state index contributed by atoms with van der Waals surface area (Å²) >= 11 is 7.92. The smallest absolute Gasteiger partial charge is 0.264 e. The number of aromatic nitrogens is 2. The second kappa shape index (κ2) is 8.35. The quantitative estimate of drug-likeness (QED) is 0.624. The van der Waals surface area contributed by atoms with Crippen molar-refractivity contribution >= 4 is 39.1 Å². The molecule has 0 saturated carbocycles. The van der Waals surface area contributed by atoms with Gasteiger partial charge in [0.1, 0.15) is 12.1 Å². The van der Waals surface area contributed by atoms with Crippen LogP contribution in [0.15, 0.2) is 24.5 Å². The number of fused-ring (bicyclic) bond motifs is 2. The maximum absolute atomic E-state index is 13.0. The average Bonchev–Trinajstić information content (AvgIpc) is 3.42. The van der Waals surface area contributed by atoms with Crippen LogP contribution < -0.4 is 10.1 Å². The molecule has 0 radical (unpaired) electrons. The highest BCUT2D eigenvalue weighted by Gasteiger charge is 2.35. The molecular formula is C22H23ClN4O3S. The van der Waals surface area contributed by atoms with Gasteiger partial charge in [0.05, 0.1) is 22.0 Å². The van der Waals surface area contributed by atoms with E-state index < -0.39 is 12.2 Å². The number of amides is 1. The van der Waals surface area contributed by atoms with Crippen LogP contribution in [0.3, 0.4) is 0 Å². The number of halogens is 1. The summed E-state index contributed by atoms with van der Waals surface area (Å²) in [4.78, 5) is 24.6. The van der Waals surface area contributed by atoms with E-state index in [9.17, 15) is 9.90 Å². The predicted octanol–water partition coefficient (Wildman–Crippen LogP) is 3.19. The van der Waals surface area contributed by atoms with Crippen molar-refractivity contribution in [1.29, 1.82) is 0 Å². The third-order valence-corrected chi connectivity index (χ3v) is 7.25. The van der Waals surface area contributed by atoms with Gasteiger partial charge in [-0.25, -0.2) is 9.97 Å². The first-order chi connectivity index (χ1) is 15.0. The molecule has 162 valence electrons. The molecule has 2 aromatic heterocycles. The van der Waals surface area contributed by atoms with Crippen LogP contribution >= 0.6 is 22.9 Å². The number of thiophene rings is 1. The van der Waals surface area contributed by atoms with Crippen molar-refractivity contribution in [3.05, 3.63) is 40.0 Å². The van der Waals surface area contributed by atoms with E-state index in [-0.39, 0.29) is 5.91 Å². The second-order valence-corrected chi connectivity index (χ2v) is 9.36. The zero-order valence-corrected chi connectivity index (χ0v) is 18.7. The van der Waals surface area contributed by atoms with Gasteiger partial charge in [-0.05, 0) is 24.6 Å². The molecule has 0 spiro atoms. The largest absolute Gasteiger partial charge is 0.479 e. The Kier molecular flexibility index (Phi) is 5.56.